The molecule has 4 rings (SSSR count). The third-order valence-corrected chi connectivity index (χ3v) is 6.40. The van der Waals surface area contributed by atoms with E-state index in [1.807, 2.05) is 30.3 Å². The molecule has 140 valence electrons. The van der Waals surface area contributed by atoms with E-state index >= 15 is 0 Å². The lowest BCUT2D eigenvalue weighted by Crippen LogP contribution is -2.42. The van der Waals surface area contributed by atoms with Gasteiger partial charge >= 0.3 is 0 Å². The second-order valence-electron chi connectivity index (χ2n) is 6.49. The zero-order valence-electron chi connectivity index (χ0n) is 15.0. The van der Waals surface area contributed by atoms with Crippen LogP contribution in [0.2, 0.25) is 0 Å². The molecule has 0 spiro atoms. The van der Waals surface area contributed by atoms with Crippen LogP contribution >= 0.6 is 0 Å². The van der Waals surface area contributed by atoms with Crippen LogP contribution in [0.1, 0.15) is 5.56 Å². The highest BCUT2D eigenvalue weighted by Gasteiger charge is 2.34. The van der Waals surface area contributed by atoms with Crippen LogP contribution in [0.15, 0.2) is 94.8 Å². The van der Waals surface area contributed by atoms with Crippen molar-refractivity contribution < 1.29 is 13.2 Å². The Hall–Kier alpha value is -3.25. The third kappa shape index (κ3) is 3.46. The molecule has 1 aliphatic heterocycles. The van der Waals surface area contributed by atoms with Gasteiger partial charge in [-0.2, -0.15) is 0 Å². The largest absolute Gasteiger partial charge is 0.270 e. The van der Waals surface area contributed by atoms with E-state index in [0.717, 1.165) is 9.87 Å². The molecule has 1 amide bonds. The first kappa shape index (κ1) is 18.1. The summed E-state index contributed by atoms with van der Waals surface area (Å²) >= 11 is 0. The molecule has 0 saturated carbocycles. The van der Waals surface area contributed by atoms with Crippen molar-refractivity contribution in [1.82, 2.24) is 4.31 Å². The second-order valence-corrected chi connectivity index (χ2v) is 8.33. The first-order valence-electron chi connectivity index (χ1n) is 8.88. The average Bonchev–Trinajstić information content (AvgIpc) is 2.86. The summed E-state index contributed by atoms with van der Waals surface area (Å²) in [6.07, 6.45) is 1.75. The van der Waals surface area contributed by atoms with E-state index in [-0.39, 0.29) is 11.3 Å². The minimum atomic E-state index is -3.93. The van der Waals surface area contributed by atoms with Gasteiger partial charge in [-0.05, 0) is 23.8 Å². The standard InChI is InChI=1S/C22H18N2O3S/c25-22-21(15-17-9-3-1-4-10-17)24(16-18-11-7-8-14-20(18)23-22)28(26,27)19-12-5-2-6-13-19/h1-14,16,21H,15H2. The van der Waals surface area contributed by atoms with Gasteiger partial charge in [0.05, 0.1) is 10.3 Å². The van der Waals surface area contributed by atoms with E-state index in [1.165, 1.54) is 18.3 Å². The van der Waals surface area contributed by atoms with Gasteiger partial charge in [-0.25, -0.2) is 13.4 Å². The van der Waals surface area contributed by atoms with Crippen molar-refractivity contribution >= 4 is 22.1 Å². The highest BCUT2D eigenvalue weighted by atomic mass is 32.2. The van der Waals surface area contributed by atoms with Crippen molar-refractivity contribution in [2.24, 2.45) is 4.99 Å². The molecule has 0 saturated heterocycles. The van der Waals surface area contributed by atoms with Crippen LogP contribution in [0.3, 0.4) is 0 Å². The number of nitrogens with zero attached hydrogens (tertiary/aromatic N) is 2. The third-order valence-electron chi connectivity index (χ3n) is 4.62. The summed E-state index contributed by atoms with van der Waals surface area (Å²) in [4.78, 5) is 17.3. The quantitative estimate of drug-likeness (QED) is 0.683. The first-order chi connectivity index (χ1) is 13.6. The molecule has 0 aliphatic carbocycles. The molecule has 1 unspecified atom stereocenters. The number of carbonyl (C=O) groups excluding carboxylic acids is 1. The Kier molecular flexibility index (Phi) is 4.79. The predicted molar refractivity (Wildman–Crippen MR) is 106 cm³/mol. The number of hydrogen-bond donors (Lipinski definition) is 0. The molecule has 1 aliphatic rings. The van der Waals surface area contributed by atoms with Crippen molar-refractivity contribution in [1.29, 1.82) is 0 Å². The normalized spacial score (nSPS) is 16.5. The van der Waals surface area contributed by atoms with Gasteiger partial charge in [-0.1, -0.05) is 66.7 Å². The zero-order valence-corrected chi connectivity index (χ0v) is 15.8. The fraction of sp³-hybridized carbons (Fsp3) is 0.0909. The fourth-order valence-electron chi connectivity index (χ4n) is 3.19. The lowest BCUT2D eigenvalue weighted by atomic mass is 10.1. The molecule has 0 fully saturated rings. The lowest BCUT2D eigenvalue weighted by molar-refractivity contribution is -0.120. The number of fused-ring (bicyclic) bond motifs is 1. The topological polar surface area (TPSA) is 66.8 Å². The van der Waals surface area contributed by atoms with Crippen LogP contribution in [0.4, 0.5) is 0 Å². The van der Waals surface area contributed by atoms with Gasteiger partial charge in [0.15, 0.2) is 0 Å². The zero-order chi connectivity index (χ0) is 19.6. The number of para-hydroxylation sites is 1. The van der Waals surface area contributed by atoms with Gasteiger partial charge in [0.1, 0.15) is 6.04 Å². The van der Waals surface area contributed by atoms with Crippen LogP contribution in [-0.2, 0) is 21.2 Å². The summed E-state index contributed by atoms with van der Waals surface area (Å²) in [6.45, 7) is 0. The van der Waals surface area contributed by atoms with Crippen molar-refractivity contribution in [3.8, 4) is 0 Å². The van der Waals surface area contributed by atoms with E-state index in [4.69, 9.17) is 0 Å². The Morgan fingerprint density at radius 3 is 2.14 bits per heavy atom. The number of benzene rings is 3. The van der Waals surface area contributed by atoms with Crippen molar-refractivity contribution in [3.05, 3.63) is 101 Å². The molecule has 3 aromatic rings. The molecular weight excluding hydrogens is 372 g/mol. The molecule has 28 heavy (non-hydrogen) atoms. The van der Waals surface area contributed by atoms with Crippen LogP contribution in [0.5, 0.6) is 0 Å². The molecular formula is C22H18N2O3S. The molecule has 0 N–H and O–H groups in total. The monoisotopic (exact) mass is 390 g/mol. The Labute approximate surface area is 163 Å². The Morgan fingerprint density at radius 2 is 1.43 bits per heavy atom. The summed E-state index contributed by atoms with van der Waals surface area (Å²) in [5, 5.41) is 1.06. The molecule has 0 bridgehead atoms. The fourth-order valence-corrected chi connectivity index (χ4v) is 4.69. The van der Waals surface area contributed by atoms with Gasteiger partial charge in [0, 0.05) is 17.8 Å². The van der Waals surface area contributed by atoms with Gasteiger partial charge in [-0.3, -0.25) is 9.10 Å². The average molecular weight is 390 g/mol. The summed E-state index contributed by atoms with van der Waals surface area (Å²) in [7, 11) is -3.93. The summed E-state index contributed by atoms with van der Waals surface area (Å²) in [5.74, 6) is -0.482. The van der Waals surface area contributed by atoms with E-state index < -0.39 is 22.0 Å². The Bertz CT molecular complexity index is 1220. The molecule has 1 heterocycles. The lowest BCUT2D eigenvalue weighted by Gasteiger charge is -2.27. The van der Waals surface area contributed by atoms with Crippen LogP contribution in [0, 0.1) is 0 Å². The molecule has 0 aromatic heterocycles. The summed E-state index contributed by atoms with van der Waals surface area (Å²) in [6, 6.07) is 23.6. The van der Waals surface area contributed by atoms with Crippen molar-refractivity contribution in [2.75, 3.05) is 0 Å². The highest BCUT2D eigenvalue weighted by molar-refractivity contribution is 7.89. The summed E-state index contributed by atoms with van der Waals surface area (Å²) < 4.78 is 28.0. The second kappa shape index (κ2) is 7.40. The molecule has 5 nitrogen and oxygen atoms in total. The van der Waals surface area contributed by atoms with Crippen LogP contribution in [-0.4, -0.2) is 24.7 Å². The van der Waals surface area contributed by atoms with E-state index in [0.29, 0.717) is 10.6 Å². The number of carbonyl (C=O) groups is 1. The Balaban J connectivity index is 1.90. The SMILES string of the molecule is O=C1N=c2ccccc2=CN(S(=O)(=O)c2ccccc2)C1Cc1ccccc1. The van der Waals surface area contributed by atoms with E-state index in [2.05, 4.69) is 4.99 Å². The first-order valence-corrected chi connectivity index (χ1v) is 10.3. The molecule has 1 atom stereocenters. The van der Waals surface area contributed by atoms with Gasteiger partial charge in [0.25, 0.3) is 15.9 Å². The Morgan fingerprint density at radius 1 is 0.821 bits per heavy atom. The number of sulfonamides is 1. The van der Waals surface area contributed by atoms with Crippen LogP contribution < -0.4 is 10.6 Å². The smallest absolute Gasteiger partial charge is 0.270 e. The van der Waals surface area contributed by atoms with E-state index in [1.54, 1.807) is 42.5 Å². The van der Waals surface area contributed by atoms with Crippen LogP contribution in [0.25, 0.3) is 6.20 Å². The molecule has 0 radical (unpaired) electrons. The maximum absolute atomic E-state index is 13.4. The predicted octanol–water partition coefficient (Wildman–Crippen LogP) is 1.89. The van der Waals surface area contributed by atoms with Gasteiger partial charge in [-0.15, -0.1) is 0 Å². The number of hydrogen-bond acceptors (Lipinski definition) is 3. The van der Waals surface area contributed by atoms with E-state index in [9.17, 15) is 13.2 Å². The minimum Gasteiger partial charge on any atom is -0.270 e. The maximum Gasteiger partial charge on any atom is 0.270 e. The number of rotatable bonds is 4. The van der Waals surface area contributed by atoms with Gasteiger partial charge in [0.2, 0.25) is 0 Å². The van der Waals surface area contributed by atoms with Gasteiger partial charge < -0.3 is 0 Å². The molecule has 6 heteroatoms. The maximum atomic E-state index is 13.4. The van der Waals surface area contributed by atoms with Crippen molar-refractivity contribution in [2.45, 2.75) is 17.4 Å². The minimum absolute atomic E-state index is 0.136. The number of amides is 1. The van der Waals surface area contributed by atoms with Crippen molar-refractivity contribution in [3.63, 3.8) is 0 Å². The summed E-state index contributed by atoms with van der Waals surface area (Å²) in [5.41, 5.74) is 0.865. The highest BCUT2D eigenvalue weighted by Crippen LogP contribution is 2.22. The molecule has 3 aromatic carbocycles.